The summed E-state index contributed by atoms with van der Waals surface area (Å²) < 4.78 is 0. The number of hydrogen-bond acceptors (Lipinski definition) is 4. The fourth-order valence-electron chi connectivity index (χ4n) is 5.91. The predicted molar refractivity (Wildman–Crippen MR) is 138 cm³/mol. The van der Waals surface area contributed by atoms with Crippen molar-refractivity contribution in [3.63, 3.8) is 0 Å². The molecule has 188 valence electrons. The van der Waals surface area contributed by atoms with Crippen LogP contribution in [0.2, 0.25) is 0 Å². The van der Waals surface area contributed by atoms with Gasteiger partial charge in [0.25, 0.3) is 0 Å². The average Bonchev–Trinajstić information content (AvgIpc) is 2.71. The first kappa shape index (κ1) is 28.0. The second kappa shape index (κ2) is 11.0. The van der Waals surface area contributed by atoms with E-state index in [1.807, 2.05) is 20.8 Å². The molecule has 2 rings (SSSR count). The molecule has 0 amide bonds. The van der Waals surface area contributed by atoms with E-state index in [-0.39, 0.29) is 23.2 Å². The van der Waals surface area contributed by atoms with E-state index in [9.17, 15) is 19.5 Å². The smallest absolute Gasteiger partial charge is 0.169 e. The fourth-order valence-corrected chi connectivity index (χ4v) is 5.91. The third-order valence-electron chi connectivity index (χ3n) is 7.92. The zero-order chi connectivity index (χ0) is 25.8. The molecule has 4 heteroatoms. The molecule has 0 aromatic carbocycles. The standard InChI is InChI=1S/C30H44O4/c1-19(2)11-9-12-22(7)13-10-16-29(8)23(15-14-20(3)4)17-24-25(31)18-26(32)30(29,28(24)34)27(33)21(5)6/h11,13-14,18,21,23-24,32H,9-10,12,15-17H2,1-8H3/b22-13+/t23-,24?,29+,30?/m0/s1. The van der Waals surface area contributed by atoms with Gasteiger partial charge in [0.15, 0.2) is 22.8 Å². The number of hydrogen-bond donors (Lipinski definition) is 1. The molecule has 0 saturated heterocycles. The third kappa shape index (κ3) is 5.21. The molecule has 1 N–H and O–H groups in total. The first-order valence-electron chi connectivity index (χ1n) is 12.7. The summed E-state index contributed by atoms with van der Waals surface area (Å²) in [5.74, 6) is -2.71. The summed E-state index contributed by atoms with van der Waals surface area (Å²) in [4.78, 5) is 40.3. The fraction of sp³-hybridized carbons (Fsp3) is 0.633. The van der Waals surface area contributed by atoms with Gasteiger partial charge >= 0.3 is 0 Å². The largest absolute Gasteiger partial charge is 0.511 e. The van der Waals surface area contributed by atoms with Crippen molar-refractivity contribution in [2.45, 2.75) is 93.9 Å². The molecule has 2 aliphatic carbocycles. The number of rotatable bonds is 10. The van der Waals surface area contributed by atoms with Gasteiger partial charge in [0.1, 0.15) is 5.76 Å². The van der Waals surface area contributed by atoms with E-state index in [4.69, 9.17) is 0 Å². The lowest BCUT2D eigenvalue weighted by atomic mass is 9.43. The molecule has 4 nitrogen and oxygen atoms in total. The number of aliphatic hydroxyl groups excluding tert-OH is 1. The summed E-state index contributed by atoms with van der Waals surface area (Å²) in [5, 5.41) is 11.2. The van der Waals surface area contributed by atoms with E-state index in [2.05, 4.69) is 39.0 Å². The van der Waals surface area contributed by atoms with Crippen molar-refractivity contribution >= 4 is 17.3 Å². The molecule has 0 heterocycles. The molecule has 0 aromatic rings. The number of carbonyl (C=O) groups excluding carboxylic acids is 3. The van der Waals surface area contributed by atoms with E-state index in [1.165, 1.54) is 17.2 Å². The maximum atomic E-state index is 13.8. The molecule has 1 fully saturated rings. The zero-order valence-corrected chi connectivity index (χ0v) is 22.5. The van der Waals surface area contributed by atoms with Crippen molar-refractivity contribution in [1.82, 2.24) is 0 Å². The summed E-state index contributed by atoms with van der Waals surface area (Å²) >= 11 is 0. The second-order valence-electron chi connectivity index (χ2n) is 11.4. The summed E-state index contributed by atoms with van der Waals surface area (Å²) in [6, 6.07) is 0. The van der Waals surface area contributed by atoms with Crippen LogP contribution >= 0.6 is 0 Å². The molecule has 2 bridgehead atoms. The molecular formula is C30H44O4. The molecule has 0 spiro atoms. The van der Waals surface area contributed by atoms with Crippen molar-refractivity contribution in [2.75, 3.05) is 0 Å². The molecule has 34 heavy (non-hydrogen) atoms. The van der Waals surface area contributed by atoms with Crippen LogP contribution in [0.25, 0.3) is 0 Å². The lowest BCUT2D eigenvalue weighted by molar-refractivity contribution is -0.169. The van der Waals surface area contributed by atoms with E-state index in [1.54, 1.807) is 13.8 Å². The van der Waals surface area contributed by atoms with Crippen LogP contribution in [0.5, 0.6) is 0 Å². The number of ketones is 3. The number of aliphatic hydroxyl groups is 1. The lowest BCUT2D eigenvalue weighted by Gasteiger charge is -2.57. The van der Waals surface area contributed by atoms with Gasteiger partial charge in [-0.3, -0.25) is 14.4 Å². The van der Waals surface area contributed by atoms with Gasteiger partial charge in [-0.05, 0) is 84.5 Å². The van der Waals surface area contributed by atoms with Gasteiger partial charge in [-0.15, -0.1) is 0 Å². The van der Waals surface area contributed by atoms with Crippen molar-refractivity contribution in [1.29, 1.82) is 0 Å². The Kier molecular flexibility index (Phi) is 9.07. The van der Waals surface area contributed by atoms with Crippen molar-refractivity contribution in [2.24, 2.45) is 28.6 Å². The van der Waals surface area contributed by atoms with Gasteiger partial charge in [0, 0.05) is 12.0 Å². The Bertz CT molecular complexity index is 937. The van der Waals surface area contributed by atoms with Crippen LogP contribution in [0.15, 0.2) is 46.8 Å². The van der Waals surface area contributed by atoms with Gasteiger partial charge in [-0.25, -0.2) is 0 Å². The van der Waals surface area contributed by atoms with Crippen LogP contribution in [0.4, 0.5) is 0 Å². The van der Waals surface area contributed by atoms with Crippen LogP contribution in [-0.4, -0.2) is 22.5 Å². The summed E-state index contributed by atoms with van der Waals surface area (Å²) in [6.45, 7) is 15.9. The van der Waals surface area contributed by atoms with E-state index in [0.717, 1.165) is 24.8 Å². The van der Waals surface area contributed by atoms with Crippen molar-refractivity contribution in [3.8, 4) is 0 Å². The van der Waals surface area contributed by atoms with Gasteiger partial charge in [-0.2, -0.15) is 0 Å². The highest BCUT2D eigenvalue weighted by atomic mass is 16.3. The highest BCUT2D eigenvalue weighted by Gasteiger charge is 2.69. The Hall–Kier alpha value is -2.23. The topological polar surface area (TPSA) is 71.4 Å². The minimum absolute atomic E-state index is 0.0630. The molecule has 2 aliphatic rings. The van der Waals surface area contributed by atoms with Crippen LogP contribution in [0, 0.1) is 28.6 Å². The SMILES string of the molecule is CC(C)=CCC/C(C)=C/CC[C@]1(C)[C@@H](CC=C(C)C)CC2C(=O)C=C(O)C1(C(=O)C(C)C)C2=O. The monoisotopic (exact) mass is 468 g/mol. The highest BCUT2D eigenvalue weighted by Crippen LogP contribution is 2.62. The van der Waals surface area contributed by atoms with E-state index < -0.39 is 28.4 Å². The third-order valence-corrected chi connectivity index (χ3v) is 7.92. The Labute approximate surface area is 206 Å². The molecule has 0 aromatic heterocycles. The van der Waals surface area contributed by atoms with Gasteiger partial charge in [0.05, 0.1) is 5.92 Å². The first-order valence-corrected chi connectivity index (χ1v) is 12.7. The van der Waals surface area contributed by atoms with E-state index in [0.29, 0.717) is 19.3 Å². The summed E-state index contributed by atoms with van der Waals surface area (Å²) in [5.41, 5.74) is 1.31. The van der Waals surface area contributed by atoms with Crippen molar-refractivity contribution in [3.05, 3.63) is 46.8 Å². The molecule has 1 saturated carbocycles. The molecule has 2 unspecified atom stereocenters. The minimum Gasteiger partial charge on any atom is -0.511 e. The van der Waals surface area contributed by atoms with Crippen molar-refractivity contribution < 1.29 is 19.5 Å². The number of fused-ring (bicyclic) bond motifs is 2. The number of carbonyl (C=O) groups is 3. The molecule has 0 radical (unpaired) electrons. The van der Waals surface area contributed by atoms with Gasteiger partial charge in [0.2, 0.25) is 0 Å². The van der Waals surface area contributed by atoms with Crippen LogP contribution in [-0.2, 0) is 14.4 Å². The maximum Gasteiger partial charge on any atom is 0.169 e. The highest BCUT2D eigenvalue weighted by molar-refractivity contribution is 6.23. The average molecular weight is 469 g/mol. The lowest BCUT2D eigenvalue weighted by Crippen LogP contribution is -2.65. The Morgan fingerprint density at radius 3 is 2.24 bits per heavy atom. The Morgan fingerprint density at radius 1 is 1.06 bits per heavy atom. The Morgan fingerprint density at radius 2 is 1.68 bits per heavy atom. The molecule has 0 aliphatic heterocycles. The quantitative estimate of drug-likeness (QED) is 0.270. The Balaban J connectivity index is 2.55. The normalized spacial score (nSPS) is 29.1. The van der Waals surface area contributed by atoms with Crippen LogP contribution < -0.4 is 0 Å². The second-order valence-corrected chi connectivity index (χ2v) is 11.4. The molecular weight excluding hydrogens is 424 g/mol. The maximum absolute atomic E-state index is 13.8. The molecule has 4 atom stereocenters. The number of Topliss-reactive ketones (excluding diaryl/α,β-unsaturated/α-hetero) is 2. The predicted octanol–water partition coefficient (Wildman–Crippen LogP) is 7.26. The zero-order valence-electron chi connectivity index (χ0n) is 22.5. The summed E-state index contributed by atoms with van der Waals surface area (Å²) in [7, 11) is 0. The van der Waals surface area contributed by atoms with Gasteiger partial charge in [-0.1, -0.05) is 55.7 Å². The minimum atomic E-state index is -1.65. The van der Waals surface area contributed by atoms with Crippen LogP contribution in [0.3, 0.4) is 0 Å². The summed E-state index contributed by atoms with van der Waals surface area (Å²) in [6.07, 6.45) is 12.1. The van der Waals surface area contributed by atoms with E-state index >= 15 is 0 Å². The number of allylic oxidation sites excluding steroid dienone is 8. The van der Waals surface area contributed by atoms with Gasteiger partial charge < -0.3 is 5.11 Å². The van der Waals surface area contributed by atoms with Crippen LogP contribution in [0.1, 0.15) is 93.9 Å². The first-order chi connectivity index (χ1) is 15.8.